The summed E-state index contributed by atoms with van der Waals surface area (Å²) in [6, 6.07) is 0. The van der Waals surface area contributed by atoms with Gasteiger partial charge in [-0.25, -0.2) is 0 Å². The Labute approximate surface area is 104 Å². The van der Waals surface area contributed by atoms with Gasteiger partial charge in [0.05, 0.1) is 12.0 Å². The summed E-state index contributed by atoms with van der Waals surface area (Å²) < 4.78 is 5.00. The van der Waals surface area contributed by atoms with E-state index in [-0.39, 0.29) is 17.7 Å². The lowest BCUT2D eigenvalue weighted by atomic mass is 9.79. The van der Waals surface area contributed by atoms with Crippen LogP contribution in [0.2, 0.25) is 0 Å². The van der Waals surface area contributed by atoms with Gasteiger partial charge in [-0.1, -0.05) is 19.3 Å². The van der Waals surface area contributed by atoms with Gasteiger partial charge < -0.3 is 4.74 Å². The molecule has 1 aliphatic carbocycles. The minimum atomic E-state index is -0.676. The first-order valence-corrected chi connectivity index (χ1v) is 6.67. The van der Waals surface area contributed by atoms with Crippen molar-refractivity contribution in [3.05, 3.63) is 0 Å². The molecule has 98 valence electrons. The lowest BCUT2D eigenvalue weighted by Crippen LogP contribution is -2.32. The zero-order valence-electron chi connectivity index (χ0n) is 11.3. The molecule has 0 saturated heterocycles. The summed E-state index contributed by atoms with van der Waals surface area (Å²) in [4.78, 5) is 23.8. The van der Waals surface area contributed by atoms with Crippen LogP contribution in [0.4, 0.5) is 0 Å². The molecule has 1 fully saturated rings. The standard InChI is InChI=1S/C14H24O3/c1-4-17-13(16)14(2,3)10-12(15)11-8-6-5-7-9-11/h11H,4-10H2,1-3H3. The van der Waals surface area contributed by atoms with Crippen LogP contribution in [0.5, 0.6) is 0 Å². The van der Waals surface area contributed by atoms with Gasteiger partial charge in [0.15, 0.2) is 0 Å². The van der Waals surface area contributed by atoms with Crippen LogP contribution in [-0.2, 0) is 14.3 Å². The van der Waals surface area contributed by atoms with Gasteiger partial charge >= 0.3 is 5.97 Å². The van der Waals surface area contributed by atoms with Crippen LogP contribution in [-0.4, -0.2) is 18.4 Å². The minimum Gasteiger partial charge on any atom is -0.466 e. The second-order valence-corrected chi connectivity index (χ2v) is 5.58. The SMILES string of the molecule is CCOC(=O)C(C)(C)CC(=O)C1CCCCC1. The van der Waals surface area contributed by atoms with Crippen molar-refractivity contribution in [3.63, 3.8) is 0 Å². The van der Waals surface area contributed by atoms with Crippen LogP contribution < -0.4 is 0 Å². The number of ketones is 1. The first-order chi connectivity index (χ1) is 7.97. The molecule has 0 atom stereocenters. The van der Waals surface area contributed by atoms with Crippen LogP contribution in [0.3, 0.4) is 0 Å². The topological polar surface area (TPSA) is 43.4 Å². The molecule has 0 aromatic heterocycles. The van der Waals surface area contributed by atoms with Gasteiger partial charge in [0.2, 0.25) is 0 Å². The Kier molecular flexibility index (Phi) is 5.16. The molecule has 0 N–H and O–H groups in total. The molecule has 3 nitrogen and oxygen atoms in total. The number of Topliss-reactive ketones (excluding diaryl/α,β-unsaturated/α-hetero) is 1. The van der Waals surface area contributed by atoms with Gasteiger partial charge in [-0.2, -0.15) is 0 Å². The maximum absolute atomic E-state index is 12.1. The molecule has 3 heteroatoms. The molecule has 0 amide bonds. The van der Waals surface area contributed by atoms with Crippen molar-refractivity contribution in [2.45, 2.75) is 59.3 Å². The predicted molar refractivity (Wildman–Crippen MR) is 66.6 cm³/mol. The summed E-state index contributed by atoms with van der Waals surface area (Å²) in [7, 11) is 0. The first kappa shape index (κ1) is 14.2. The Bertz CT molecular complexity index is 275. The largest absolute Gasteiger partial charge is 0.466 e. The number of hydrogen-bond donors (Lipinski definition) is 0. The van der Waals surface area contributed by atoms with Gasteiger partial charge in [0.25, 0.3) is 0 Å². The van der Waals surface area contributed by atoms with E-state index in [4.69, 9.17) is 4.74 Å². The van der Waals surface area contributed by atoms with Crippen molar-refractivity contribution in [1.82, 2.24) is 0 Å². The smallest absolute Gasteiger partial charge is 0.311 e. The summed E-state index contributed by atoms with van der Waals surface area (Å²) >= 11 is 0. The quantitative estimate of drug-likeness (QED) is 0.693. The minimum absolute atomic E-state index is 0.178. The van der Waals surface area contributed by atoms with Crippen LogP contribution in [0.1, 0.15) is 59.3 Å². The van der Waals surface area contributed by atoms with E-state index in [1.807, 2.05) is 0 Å². The molecule has 0 heterocycles. The van der Waals surface area contributed by atoms with E-state index in [0.29, 0.717) is 13.0 Å². The van der Waals surface area contributed by atoms with Crippen molar-refractivity contribution in [2.24, 2.45) is 11.3 Å². The van der Waals surface area contributed by atoms with E-state index >= 15 is 0 Å². The Balaban J connectivity index is 2.50. The molecule has 0 aromatic rings. The number of carbonyl (C=O) groups excluding carboxylic acids is 2. The zero-order valence-corrected chi connectivity index (χ0v) is 11.3. The molecule has 1 saturated carbocycles. The third kappa shape index (κ3) is 4.14. The number of esters is 1. The Morgan fingerprint density at radius 1 is 1.18 bits per heavy atom. The van der Waals surface area contributed by atoms with E-state index in [9.17, 15) is 9.59 Å². The maximum Gasteiger partial charge on any atom is 0.311 e. The lowest BCUT2D eigenvalue weighted by Gasteiger charge is -2.26. The summed E-state index contributed by atoms with van der Waals surface area (Å²) in [6.45, 7) is 5.76. The highest BCUT2D eigenvalue weighted by atomic mass is 16.5. The zero-order chi connectivity index (χ0) is 12.9. The third-order valence-electron chi connectivity index (χ3n) is 3.50. The van der Waals surface area contributed by atoms with Crippen molar-refractivity contribution in [1.29, 1.82) is 0 Å². The molecule has 17 heavy (non-hydrogen) atoms. The van der Waals surface area contributed by atoms with Gasteiger partial charge in [-0.15, -0.1) is 0 Å². The maximum atomic E-state index is 12.1. The number of ether oxygens (including phenoxy) is 1. The molecule has 1 rings (SSSR count). The number of rotatable bonds is 5. The fraction of sp³-hybridized carbons (Fsp3) is 0.857. The van der Waals surface area contributed by atoms with Crippen LogP contribution in [0.15, 0.2) is 0 Å². The van der Waals surface area contributed by atoms with E-state index in [2.05, 4.69) is 0 Å². The molecule has 0 bridgehead atoms. The first-order valence-electron chi connectivity index (χ1n) is 6.67. The third-order valence-corrected chi connectivity index (χ3v) is 3.50. The second-order valence-electron chi connectivity index (χ2n) is 5.58. The van der Waals surface area contributed by atoms with Crippen molar-refractivity contribution in [3.8, 4) is 0 Å². The summed E-state index contributed by atoms with van der Waals surface area (Å²) in [5.41, 5.74) is -0.676. The van der Waals surface area contributed by atoms with Crippen LogP contribution in [0, 0.1) is 11.3 Å². The van der Waals surface area contributed by atoms with Crippen LogP contribution in [0.25, 0.3) is 0 Å². The Hall–Kier alpha value is -0.860. The van der Waals surface area contributed by atoms with Gasteiger partial charge in [-0.3, -0.25) is 9.59 Å². The van der Waals surface area contributed by atoms with Gasteiger partial charge in [-0.05, 0) is 33.6 Å². The number of hydrogen-bond acceptors (Lipinski definition) is 3. The molecule has 0 aliphatic heterocycles. The second kappa shape index (κ2) is 6.18. The number of carbonyl (C=O) groups is 2. The summed E-state index contributed by atoms with van der Waals surface area (Å²) in [5.74, 6) is 0.157. The van der Waals surface area contributed by atoms with E-state index in [1.54, 1.807) is 20.8 Å². The molecule has 1 aliphatic rings. The van der Waals surface area contributed by atoms with Crippen molar-refractivity contribution >= 4 is 11.8 Å². The van der Waals surface area contributed by atoms with Gasteiger partial charge in [0, 0.05) is 12.3 Å². The Morgan fingerprint density at radius 2 is 1.76 bits per heavy atom. The average molecular weight is 240 g/mol. The monoisotopic (exact) mass is 240 g/mol. The Morgan fingerprint density at radius 3 is 2.29 bits per heavy atom. The fourth-order valence-corrected chi connectivity index (χ4v) is 2.40. The van der Waals surface area contributed by atoms with Crippen molar-refractivity contribution < 1.29 is 14.3 Å². The lowest BCUT2D eigenvalue weighted by molar-refractivity contribution is -0.155. The summed E-state index contributed by atoms with van der Waals surface area (Å²) in [5, 5.41) is 0. The molecule has 0 aromatic carbocycles. The van der Waals surface area contributed by atoms with Crippen LogP contribution >= 0.6 is 0 Å². The molecular weight excluding hydrogens is 216 g/mol. The normalized spacial score (nSPS) is 17.8. The predicted octanol–water partition coefficient (Wildman–Crippen LogP) is 3.12. The molecule has 0 radical (unpaired) electrons. The van der Waals surface area contributed by atoms with Crippen molar-refractivity contribution in [2.75, 3.05) is 6.61 Å². The highest BCUT2D eigenvalue weighted by Crippen LogP contribution is 2.30. The van der Waals surface area contributed by atoms with E-state index in [1.165, 1.54) is 6.42 Å². The molecule has 0 spiro atoms. The highest BCUT2D eigenvalue weighted by molar-refractivity contribution is 5.87. The highest BCUT2D eigenvalue weighted by Gasteiger charge is 2.34. The fourth-order valence-electron chi connectivity index (χ4n) is 2.40. The van der Waals surface area contributed by atoms with E-state index < -0.39 is 5.41 Å². The summed E-state index contributed by atoms with van der Waals surface area (Å²) in [6.07, 6.45) is 5.85. The average Bonchev–Trinajstić information content (AvgIpc) is 2.30. The molecular formula is C14H24O3. The van der Waals surface area contributed by atoms with Gasteiger partial charge in [0.1, 0.15) is 5.78 Å². The van der Waals surface area contributed by atoms with E-state index in [0.717, 1.165) is 25.7 Å². The molecule has 0 unspecified atom stereocenters.